The maximum atomic E-state index is 11.8. The van der Waals surface area contributed by atoms with Crippen molar-refractivity contribution in [1.82, 2.24) is 0 Å². The molecule has 1 unspecified atom stereocenters. The molecule has 0 aliphatic carbocycles. The van der Waals surface area contributed by atoms with E-state index in [1.54, 1.807) is 24.3 Å². The number of benzene rings is 1. The number of hydrogen-bond donors (Lipinski definition) is 1. The number of rotatable bonds is 2. The first-order valence-corrected chi connectivity index (χ1v) is 7.27. The summed E-state index contributed by atoms with van der Waals surface area (Å²) >= 11 is 0. The Bertz CT molecular complexity index is 597. The lowest BCUT2D eigenvalue weighted by Crippen LogP contribution is -2.28. The molecular formula is C13H17NO3S. The van der Waals surface area contributed by atoms with E-state index in [0.29, 0.717) is 11.3 Å². The number of hydrogen-bond acceptors (Lipinski definition) is 3. The molecule has 0 saturated carbocycles. The van der Waals surface area contributed by atoms with Gasteiger partial charge in [0.15, 0.2) is 0 Å². The van der Waals surface area contributed by atoms with Crippen LogP contribution in [0.25, 0.3) is 0 Å². The summed E-state index contributed by atoms with van der Waals surface area (Å²) < 4.78 is 27.4. The second-order valence-electron chi connectivity index (χ2n) is 5.60. The molecule has 4 nitrogen and oxygen atoms in total. The van der Waals surface area contributed by atoms with Gasteiger partial charge in [0.05, 0.1) is 16.7 Å². The van der Waals surface area contributed by atoms with Gasteiger partial charge in [-0.1, -0.05) is 39.0 Å². The first-order valence-electron chi connectivity index (χ1n) is 5.83. The molecule has 0 spiro atoms. The van der Waals surface area contributed by atoms with Gasteiger partial charge in [-0.05, 0) is 11.5 Å². The van der Waals surface area contributed by atoms with E-state index in [0.717, 1.165) is 0 Å². The normalized spacial score (nSPS) is 19.2. The van der Waals surface area contributed by atoms with Crippen LogP contribution in [0.4, 0.5) is 0 Å². The number of sulfonamides is 1. The zero-order chi connectivity index (χ0) is 13.6. The van der Waals surface area contributed by atoms with Crippen LogP contribution in [-0.4, -0.2) is 25.3 Å². The molecule has 1 aliphatic heterocycles. The Hall–Kier alpha value is -1.20. The minimum absolute atomic E-state index is 0.237. The molecule has 0 bridgehead atoms. The average molecular weight is 267 g/mol. The standard InChI is InChI=1S/C13H17NO3S/c1-13(2,3)12(15)8-10-9-6-4-5-7-11(9)18(16,17)14-10/h4-7,12,15H,8H2,1-3H3. The summed E-state index contributed by atoms with van der Waals surface area (Å²) in [6.45, 7) is 5.73. The molecular weight excluding hydrogens is 250 g/mol. The lowest BCUT2D eigenvalue weighted by atomic mass is 9.85. The molecule has 1 aromatic carbocycles. The molecule has 0 amide bonds. The van der Waals surface area contributed by atoms with Crippen LogP contribution in [0.5, 0.6) is 0 Å². The summed E-state index contributed by atoms with van der Waals surface area (Å²) in [4.78, 5) is 0.237. The van der Waals surface area contributed by atoms with Crippen LogP contribution >= 0.6 is 0 Å². The first-order chi connectivity index (χ1) is 8.22. The van der Waals surface area contributed by atoms with Crippen LogP contribution in [-0.2, 0) is 10.0 Å². The van der Waals surface area contributed by atoms with Crippen molar-refractivity contribution in [2.24, 2.45) is 9.81 Å². The Kier molecular flexibility index (Phi) is 3.07. The molecule has 1 aromatic rings. The number of fused-ring (bicyclic) bond motifs is 1. The fourth-order valence-electron chi connectivity index (χ4n) is 1.81. The molecule has 18 heavy (non-hydrogen) atoms. The highest BCUT2D eigenvalue weighted by Gasteiger charge is 2.32. The highest BCUT2D eigenvalue weighted by Crippen LogP contribution is 2.30. The van der Waals surface area contributed by atoms with E-state index in [1.807, 2.05) is 20.8 Å². The highest BCUT2D eigenvalue weighted by atomic mass is 32.2. The molecule has 2 rings (SSSR count). The Labute approximate surface area is 107 Å². The van der Waals surface area contributed by atoms with Gasteiger partial charge in [-0.25, -0.2) is 0 Å². The number of nitrogens with zero attached hydrogens (tertiary/aromatic N) is 1. The highest BCUT2D eigenvalue weighted by molar-refractivity contribution is 7.90. The fourth-order valence-corrected chi connectivity index (χ4v) is 3.09. The number of aliphatic hydroxyl groups is 1. The predicted molar refractivity (Wildman–Crippen MR) is 70.2 cm³/mol. The van der Waals surface area contributed by atoms with Gasteiger partial charge in [0.25, 0.3) is 10.0 Å². The third-order valence-electron chi connectivity index (χ3n) is 3.09. The van der Waals surface area contributed by atoms with Crippen molar-refractivity contribution in [2.75, 3.05) is 0 Å². The lowest BCUT2D eigenvalue weighted by molar-refractivity contribution is 0.0698. The van der Waals surface area contributed by atoms with Crippen molar-refractivity contribution in [3.8, 4) is 0 Å². The first kappa shape index (κ1) is 13.2. The van der Waals surface area contributed by atoms with Gasteiger partial charge in [0.2, 0.25) is 0 Å². The SMILES string of the molecule is CC(C)(C)C(O)CC1=NS(=O)(=O)c2ccccc21. The average Bonchev–Trinajstić information content (AvgIpc) is 2.50. The Morgan fingerprint density at radius 2 is 1.89 bits per heavy atom. The van der Waals surface area contributed by atoms with Gasteiger partial charge < -0.3 is 5.11 Å². The molecule has 1 heterocycles. The van der Waals surface area contributed by atoms with Crippen LogP contribution in [0, 0.1) is 5.41 Å². The molecule has 1 atom stereocenters. The minimum Gasteiger partial charge on any atom is -0.392 e. The summed E-state index contributed by atoms with van der Waals surface area (Å²) in [5, 5.41) is 10.1. The third kappa shape index (κ3) is 2.33. The third-order valence-corrected chi connectivity index (χ3v) is 4.47. The van der Waals surface area contributed by atoms with Gasteiger partial charge in [0, 0.05) is 12.0 Å². The molecule has 0 radical (unpaired) electrons. The van der Waals surface area contributed by atoms with Crippen molar-refractivity contribution < 1.29 is 13.5 Å². The van der Waals surface area contributed by atoms with Crippen molar-refractivity contribution >= 4 is 15.7 Å². The van der Waals surface area contributed by atoms with Crippen LogP contribution in [0.2, 0.25) is 0 Å². The second-order valence-corrected chi connectivity index (χ2v) is 7.17. The molecule has 0 saturated heterocycles. The topological polar surface area (TPSA) is 66.7 Å². The summed E-state index contributed by atoms with van der Waals surface area (Å²) in [5.74, 6) is 0. The molecule has 1 N–H and O–H groups in total. The Morgan fingerprint density at radius 3 is 2.50 bits per heavy atom. The largest absolute Gasteiger partial charge is 0.392 e. The molecule has 5 heteroatoms. The van der Waals surface area contributed by atoms with Gasteiger partial charge in [0.1, 0.15) is 0 Å². The van der Waals surface area contributed by atoms with Gasteiger partial charge >= 0.3 is 0 Å². The van der Waals surface area contributed by atoms with E-state index in [-0.39, 0.29) is 16.7 Å². The monoisotopic (exact) mass is 267 g/mol. The summed E-state index contributed by atoms with van der Waals surface area (Å²) in [6, 6.07) is 6.73. The maximum Gasteiger partial charge on any atom is 0.283 e. The van der Waals surface area contributed by atoms with Crippen molar-refractivity contribution in [3.05, 3.63) is 29.8 Å². The molecule has 98 valence electrons. The van der Waals surface area contributed by atoms with E-state index in [9.17, 15) is 13.5 Å². The van der Waals surface area contributed by atoms with Crippen molar-refractivity contribution in [1.29, 1.82) is 0 Å². The maximum absolute atomic E-state index is 11.8. The van der Waals surface area contributed by atoms with Crippen LogP contribution in [0.15, 0.2) is 33.6 Å². The van der Waals surface area contributed by atoms with E-state index >= 15 is 0 Å². The van der Waals surface area contributed by atoms with Crippen LogP contribution < -0.4 is 0 Å². The smallest absolute Gasteiger partial charge is 0.283 e. The number of aliphatic hydroxyl groups excluding tert-OH is 1. The van der Waals surface area contributed by atoms with Gasteiger partial charge in [-0.2, -0.15) is 12.8 Å². The quantitative estimate of drug-likeness (QED) is 0.891. The van der Waals surface area contributed by atoms with Gasteiger partial charge in [-0.3, -0.25) is 0 Å². The van der Waals surface area contributed by atoms with Crippen molar-refractivity contribution in [3.63, 3.8) is 0 Å². The van der Waals surface area contributed by atoms with E-state index in [2.05, 4.69) is 4.40 Å². The lowest BCUT2D eigenvalue weighted by Gasteiger charge is -2.25. The zero-order valence-electron chi connectivity index (χ0n) is 10.7. The van der Waals surface area contributed by atoms with Crippen LogP contribution in [0.3, 0.4) is 0 Å². The van der Waals surface area contributed by atoms with E-state index in [4.69, 9.17) is 0 Å². The summed E-state index contributed by atoms with van der Waals surface area (Å²) in [6.07, 6.45) is -0.377. The minimum atomic E-state index is -3.57. The molecule has 0 fully saturated rings. The summed E-state index contributed by atoms with van der Waals surface area (Å²) in [7, 11) is -3.57. The Morgan fingerprint density at radius 1 is 1.28 bits per heavy atom. The van der Waals surface area contributed by atoms with Crippen molar-refractivity contribution in [2.45, 2.75) is 38.2 Å². The second kappa shape index (κ2) is 4.17. The zero-order valence-corrected chi connectivity index (χ0v) is 11.5. The van der Waals surface area contributed by atoms with Crippen LogP contribution in [0.1, 0.15) is 32.8 Å². The molecule has 0 aromatic heterocycles. The fraction of sp³-hybridized carbons (Fsp3) is 0.462. The predicted octanol–water partition coefficient (Wildman–Crippen LogP) is 1.98. The van der Waals surface area contributed by atoms with E-state index in [1.165, 1.54) is 0 Å². The Balaban J connectivity index is 2.38. The summed E-state index contributed by atoms with van der Waals surface area (Å²) in [5.41, 5.74) is 0.762. The molecule has 1 aliphatic rings. The van der Waals surface area contributed by atoms with E-state index < -0.39 is 16.1 Å². The van der Waals surface area contributed by atoms with Gasteiger partial charge in [-0.15, -0.1) is 0 Å².